The van der Waals surface area contributed by atoms with Gasteiger partial charge >= 0.3 is 5.97 Å². The van der Waals surface area contributed by atoms with Crippen molar-refractivity contribution in [1.29, 1.82) is 0 Å². The van der Waals surface area contributed by atoms with Crippen molar-refractivity contribution in [2.45, 2.75) is 18.9 Å². The number of phenols is 1. The van der Waals surface area contributed by atoms with Crippen molar-refractivity contribution in [2.24, 2.45) is 5.73 Å². The smallest absolute Gasteiger partial charge is 0.323 e. The molecule has 1 atom stereocenters. The fraction of sp³-hybridized carbons (Fsp3) is 0.300. The van der Waals surface area contributed by atoms with E-state index in [4.69, 9.17) is 34.0 Å². The van der Waals surface area contributed by atoms with Gasteiger partial charge in [0, 0.05) is 6.42 Å². The Bertz CT molecular complexity index is 409. The number of carboxylic acid groups (broad SMARTS) is 1. The molecule has 4 N–H and O–H groups in total. The Balaban J connectivity index is 3.04. The number of phenolic OH excluding ortho intramolecular Hbond substituents is 1. The Kier molecular flexibility index (Phi) is 3.68. The zero-order valence-electron chi connectivity index (χ0n) is 8.50. The summed E-state index contributed by atoms with van der Waals surface area (Å²) in [5.41, 5.74) is 4.74. The van der Waals surface area contributed by atoms with Crippen LogP contribution in [0.2, 0.25) is 10.0 Å². The second-order valence-corrected chi connectivity index (χ2v) is 4.62. The lowest BCUT2D eigenvalue weighted by atomic mass is 9.94. The van der Waals surface area contributed by atoms with Crippen molar-refractivity contribution < 1.29 is 15.0 Å². The van der Waals surface area contributed by atoms with Crippen LogP contribution in [0.4, 0.5) is 0 Å². The first kappa shape index (κ1) is 13.1. The molecule has 0 aliphatic heterocycles. The number of rotatable bonds is 3. The maximum atomic E-state index is 10.8. The van der Waals surface area contributed by atoms with E-state index in [9.17, 15) is 9.90 Å². The number of hydrogen-bond donors (Lipinski definition) is 3. The number of benzene rings is 1. The molecule has 0 heterocycles. The molecule has 0 aliphatic rings. The summed E-state index contributed by atoms with van der Waals surface area (Å²) in [6, 6.07) is 2.88. The number of nitrogens with two attached hydrogens (primary N) is 1. The Morgan fingerprint density at radius 1 is 1.44 bits per heavy atom. The number of hydrogen-bond acceptors (Lipinski definition) is 3. The van der Waals surface area contributed by atoms with Crippen molar-refractivity contribution in [3.63, 3.8) is 0 Å². The van der Waals surface area contributed by atoms with Gasteiger partial charge in [0.15, 0.2) is 5.75 Å². The van der Waals surface area contributed by atoms with Crippen LogP contribution in [0.15, 0.2) is 12.1 Å². The van der Waals surface area contributed by atoms with Gasteiger partial charge in [-0.15, -0.1) is 0 Å². The molecule has 0 saturated carbocycles. The van der Waals surface area contributed by atoms with Crippen molar-refractivity contribution in [2.75, 3.05) is 0 Å². The van der Waals surface area contributed by atoms with Gasteiger partial charge < -0.3 is 15.9 Å². The van der Waals surface area contributed by atoms with Gasteiger partial charge in [-0.05, 0) is 24.6 Å². The molecule has 0 spiro atoms. The number of aliphatic carboxylic acids is 1. The highest BCUT2D eigenvalue weighted by Gasteiger charge is 2.28. The third-order valence-electron chi connectivity index (χ3n) is 2.14. The van der Waals surface area contributed by atoms with Crippen LogP contribution >= 0.6 is 23.2 Å². The minimum Gasteiger partial charge on any atom is -0.505 e. The molecule has 0 aliphatic carbocycles. The highest BCUT2D eigenvalue weighted by Crippen LogP contribution is 2.33. The average molecular weight is 264 g/mol. The van der Waals surface area contributed by atoms with Crippen molar-refractivity contribution in [3.8, 4) is 5.75 Å². The Morgan fingerprint density at radius 2 is 1.88 bits per heavy atom. The first-order valence-electron chi connectivity index (χ1n) is 4.43. The summed E-state index contributed by atoms with van der Waals surface area (Å²) >= 11 is 11.4. The van der Waals surface area contributed by atoms with E-state index in [1.165, 1.54) is 19.1 Å². The summed E-state index contributed by atoms with van der Waals surface area (Å²) in [4.78, 5) is 10.8. The summed E-state index contributed by atoms with van der Waals surface area (Å²) in [6.07, 6.45) is 0.0715. The quantitative estimate of drug-likeness (QED) is 0.780. The minimum absolute atomic E-state index is 0.0715. The fourth-order valence-electron chi connectivity index (χ4n) is 1.22. The zero-order valence-corrected chi connectivity index (χ0v) is 10.0. The lowest BCUT2D eigenvalue weighted by Crippen LogP contribution is -2.46. The van der Waals surface area contributed by atoms with Gasteiger partial charge in [0.2, 0.25) is 0 Å². The van der Waals surface area contributed by atoms with Crippen molar-refractivity contribution >= 4 is 29.2 Å². The topological polar surface area (TPSA) is 83.5 Å². The molecule has 4 nitrogen and oxygen atoms in total. The first-order chi connectivity index (χ1) is 7.24. The molecule has 1 unspecified atom stereocenters. The van der Waals surface area contributed by atoms with Crippen LogP contribution in [-0.4, -0.2) is 21.7 Å². The van der Waals surface area contributed by atoms with Gasteiger partial charge in [-0.2, -0.15) is 0 Å². The highest BCUT2D eigenvalue weighted by atomic mass is 35.5. The van der Waals surface area contributed by atoms with Crippen LogP contribution < -0.4 is 5.73 Å². The molecule has 1 aromatic rings. The molecule has 1 rings (SSSR count). The van der Waals surface area contributed by atoms with Gasteiger partial charge in [-0.3, -0.25) is 4.79 Å². The normalized spacial score (nSPS) is 14.5. The molecule has 1 aromatic carbocycles. The van der Waals surface area contributed by atoms with E-state index in [1.807, 2.05) is 0 Å². The third kappa shape index (κ3) is 2.78. The summed E-state index contributed by atoms with van der Waals surface area (Å²) in [7, 11) is 0. The van der Waals surface area contributed by atoms with E-state index in [2.05, 4.69) is 0 Å². The Morgan fingerprint density at radius 3 is 2.25 bits per heavy atom. The maximum Gasteiger partial charge on any atom is 0.323 e. The third-order valence-corrected chi connectivity index (χ3v) is 2.71. The van der Waals surface area contributed by atoms with Crippen LogP contribution in [0.5, 0.6) is 5.75 Å². The number of aromatic hydroxyl groups is 1. The summed E-state index contributed by atoms with van der Waals surface area (Å²) in [6.45, 7) is 1.39. The van der Waals surface area contributed by atoms with Crippen LogP contribution in [0.25, 0.3) is 0 Å². The van der Waals surface area contributed by atoms with E-state index in [0.717, 1.165) is 0 Å². The molecule has 0 radical (unpaired) electrons. The maximum absolute atomic E-state index is 10.8. The second-order valence-electron chi connectivity index (χ2n) is 3.81. The summed E-state index contributed by atoms with van der Waals surface area (Å²) < 4.78 is 0. The molecule has 0 bridgehead atoms. The number of carboxylic acids is 1. The monoisotopic (exact) mass is 263 g/mol. The molecule has 0 fully saturated rings. The molecule has 6 heteroatoms. The largest absolute Gasteiger partial charge is 0.505 e. The average Bonchev–Trinajstić information content (AvgIpc) is 2.13. The minimum atomic E-state index is -1.40. The van der Waals surface area contributed by atoms with Crippen molar-refractivity contribution in [3.05, 3.63) is 27.7 Å². The van der Waals surface area contributed by atoms with Gasteiger partial charge in [-0.1, -0.05) is 23.2 Å². The fourth-order valence-corrected chi connectivity index (χ4v) is 1.75. The molecular weight excluding hydrogens is 253 g/mol. The lowest BCUT2D eigenvalue weighted by Gasteiger charge is -2.19. The molecular formula is C10H11Cl2NO3. The van der Waals surface area contributed by atoms with E-state index in [-0.39, 0.29) is 22.2 Å². The van der Waals surface area contributed by atoms with Crippen LogP contribution in [-0.2, 0) is 11.2 Å². The van der Waals surface area contributed by atoms with Gasteiger partial charge in [0.05, 0.1) is 10.0 Å². The van der Waals surface area contributed by atoms with Crippen LogP contribution in [0.3, 0.4) is 0 Å². The molecule has 88 valence electrons. The molecule has 0 amide bonds. The number of carbonyl (C=O) groups is 1. The van der Waals surface area contributed by atoms with E-state index >= 15 is 0 Å². The van der Waals surface area contributed by atoms with E-state index in [0.29, 0.717) is 5.56 Å². The van der Waals surface area contributed by atoms with E-state index in [1.54, 1.807) is 0 Å². The van der Waals surface area contributed by atoms with Gasteiger partial charge in [0.1, 0.15) is 5.54 Å². The number of halogens is 2. The summed E-state index contributed by atoms with van der Waals surface area (Å²) in [5, 5.41) is 18.3. The van der Waals surface area contributed by atoms with Gasteiger partial charge in [-0.25, -0.2) is 0 Å². The first-order valence-corrected chi connectivity index (χ1v) is 5.19. The Labute approximate surface area is 103 Å². The SMILES string of the molecule is CC(N)(Cc1cc(Cl)c(O)c(Cl)c1)C(=O)O. The molecule has 0 aromatic heterocycles. The van der Waals surface area contributed by atoms with Gasteiger partial charge in [0.25, 0.3) is 0 Å². The molecule has 16 heavy (non-hydrogen) atoms. The van der Waals surface area contributed by atoms with Crippen molar-refractivity contribution in [1.82, 2.24) is 0 Å². The highest BCUT2D eigenvalue weighted by molar-refractivity contribution is 6.37. The second kappa shape index (κ2) is 4.49. The summed E-state index contributed by atoms with van der Waals surface area (Å²) in [5.74, 6) is -1.34. The predicted octanol–water partition coefficient (Wildman–Crippen LogP) is 2.04. The Hall–Kier alpha value is -0.970. The predicted molar refractivity (Wildman–Crippen MR) is 62.1 cm³/mol. The van der Waals surface area contributed by atoms with E-state index < -0.39 is 11.5 Å². The van der Waals surface area contributed by atoms with Crippen LogP contribution in [0, 0.1) is 0 Å². The van der Waals surface area contributed by atoms with Crippen LogP contribution in [0.1, 0.15) is 12.5 Å². The lowest BCUT2D eigenvalue weighted by molar-refractivity contribution is -0.142. The standard InChI is InChI=1S/C10H11Cl2NO3/c1-10(13,9(15)16)4-5-2-6(11)8(14)7(12)3-5/h2-3,14H,4,13H2,1H3,(H,15,16). The molecule has 0 saturated heterocycles. The zero-order chi connectivity index (χ0) is 12.5.